The fourth-order valence-electron chi connectivity index (χ4n) is 3.73. The highest BCUT2D eigenvalue weighted by Gasteiger charge is 2.33. The van der Waals surface area contributed by atoms with Crippen molar-refractivity contribution in [2.75, 3.05) is 13.1 Å². The molecule has 0 saturated carbocycles. The Morgan fingerprint density at radius 1 is 1.21 bits per heavy atom. The van der Waals surface area contributed by atoms with E-state index in [1.807, 2.05) is 11.8 Å². The largest absolute Gasteiger partial charge is 0.416 e. The molecular weight excluding hydrogens is 317 g/mol. The zero-order valence-electron chi connectivity index (χ0n) is 13.8. The molecule has 0 aliphatic carbocycles. The molecule has 24 heavy (non-hydrogen) atoms. The second kappa shape index (κ2) is 6.75. The van der Waals surface area contributed by atoms with E-state index >= 15 is 0 Å². The van der Waals surface area contributed by atoms with E-state index < -0.39 is 11.7 Å². The average molecular weight is 340 g/mol. The maximum atomic E-state index is 12.7. The van der Waals surface area contributed by atoms with Gasteiger partial charge in [-0.3, -0.25) is 4.79 Å². The van der Waals surface area contributed by atoms with Crippen molar-refractivity contribution in [3.05, 3.63) is 35.4 Å². The van der Waals surface area contributed by atoms with Gasteiger partial charge in [-0.15, -0.1) is 0 Å². The van der Waals surface area contributed by atoms with Crippen LogP contribution < -0.4 is 5.32 Å². The maximum absolute atomic E-state index is 12.7. The summed E-state index contributed by atoms with van der Waals surface area (Å²) in [5.41, 5.74) is 0.109. The molecule has 0 spiro atoms. The smallest absolute Gasteiger partial charge is 0.341 e. The lowest BCUT2D eigenvalue weighted by molar-refractivity contribution is -0.138. The van der Waals surface area contributed by atoms with Crippen LogP contribution >= 0.6 is 0 Å². The molecule has 1 aromatic rings. The fourth-order valence-corrected chi connectivity index (χ4v) is 3.73. The molecule has 3 nitrogen and oxygen atoms in total. The summed E-state index contributed by atoms with van der Waals surface area (Å²) in [6.45, 7) is 3.37. The van der Waals surface area contributed by atoms with E-state index in [-0.39, 0.29) is 11.8 Å². The number of fused-ring (bicyclic) bond motifs is 2. The molecule has 2 aliphatic rings. The Morgan fingerprint density at radius 3 is 2.54 bits per heavy atom. The summed E-state index contributed by atoms with van der Waals surface area (Å²) in [4.78, 5) is 14.6. The molecule has 3 atom stereocenters. The Bertz CT molecular complexity index is 585. The van der Waals surface area contributed by atoms with Crippen LogP contribution in [0.1, 0.15) is 37.3 Å². The zero-order valence-corrected chi connectivity index (χ0v) is 13.8. The van der Waals surface area contributed by atoms with Gasteiger partial charge in [-0.05, 0) is 43.4 Å². The third-order valence-corrected chi connectivity index (χ3v) is 5.08. The monoisotopic (exact) mass is 340 g/mol. The summed E-state index contributed by atoms with van der Waals surface area (Å²) in [5.74, 6) is -0.123. The molecule has 3 unspecified atom stereocenters. The Morgan fingerprint density at radius 2 is 1.88 bits per heavy atom. The summed E-state index contributed by atoms with van der Waals surface area (Å²) >= 11 is 0. The van der Waals surface area contributed by atoms with Crippen molar-refractivity contribution in [3.63, 3.8) is 0 Å². The van der Waals surface area contributed by atoms with E-state index in [0.29, 0.717) is 18.5 Å². The number of carbonyl (C=O) groups excluding carboxylic acids is 1. The number of nitrogens with zero attached hydrogens (tertiary/aromatic N) is 1. The highest BCUT2D eigenvalue weighted by atomic mass is 19.4. The molecule has 0 aromatic heterocycles. The molecule has 3 rings (SSSR count). The minimum absolute atomic E-state index is 0.101. The van der Waals surface area contributed by atoms with Crippen LogP contribution in [0.2, 0.25) is 0 Å². The van der Waals surface area contributed by atoms with Gasteiger partial charge in [-0.2, -0.15) is 13.2 Å². The molecule has 2 fully saturated rings. The first-order chi connectivity index (χ1) is 11.3. The van der Waals surface area contributed by atoms with Gasteiger partial charge in [-0.25, -0.2) is 0 Å². The van der Waals surface area contributed by atoms with Crippen LogP contribution in [0, 0.1) is 5.92 Å². The number of hydrogen-bond donors (Lipinski definition) is 1. The number of nitrogens with one attached hydrogen (secondary N) is 1. The number of amides is 1. The molecule has 0 radical (unpaired) electrons. The van der Waals surface area contributed by atoms with Crippen molar-refractivity contribution in [1.82, 2.24) is 10.2 Å². The highest BCUT2D eigenvalue weighted by Crippen LogP contribution is 2.29. The molecule has 2 aliphatic heterocycles. The second-order valence-electron chi connectivity index (χ2n) is 7.01. The number of hydrogen-bond acceptors (Lipinski definition) is 2. The van der Waals surface area contributed by atoms with Crippen molar-refractivity contribution in [1.29, 1.82) is 0 Å². The summed E-state index contributed by atoms with van der Waals surface area (Å²) in [6, 6.07) is 6.03. The predicted molar refractivity (Wildman–Crippen MR) is 85.5 cm³/mol. The Labute approximate surface area is 140 Å². The van der Waals surface area contributed by atoms with Crippen LogP contribution in [0.15, 0.2) is 24.3 Å². The van der Waals surface area contributed by atoms with Gasteiger partial charge in [0, 0.05) is 31.1 Å². The Balaban J connectivity index is 1.59. The number of rotatable bonds is 3. The first-order valence-corrected chi connectivity index (χ1v) is 8.54. The van der Waals surface area contributed by atoms with Crippen LogP contribution in [0.5, 0.6) is 0 Å². The summed E-state index contributed by atoms with van der Waals surface area (Å²) in [6.07, 6.45) is -0.571. The number of benzene rings is 1. The lowest BCUT2D eigenvalue weighted by Gasteiger charge is -2.27. The summed E-state index contributed by atoms with van der Waals surface area (Å²) < 4.78 is 37.8. The van der Waals surface area contributed by atoms with Crippen molar-refractivity contribution in [2.24, 2.45) is 5.92 Å². The normalized spacial score (nSPS) is 25.4. The minimum Gasteiger partial charge on any atom is -0.341 e. The van der Waals surface area contributed by atoms with E-state index in [0.717, 1.165) is 43.6 Å². The van der Waals surface area contributed by atoms with E-state index in [1.165, 1.54) is 18.6 Å². The van der Waals surface area contributed by atoms with E-state index in [4.69, 9.17) is 0 Å². The van der Waals surface area contributed by atoms with Crippen LogP contribution in [-0.4, -0.2) is 36.0 Å². The highest BCUT2D eigenvalue weighted by molar-refractivity contribution is 5.79. The second-order valence-corrected chi connectivity index (χ2v) is 7.01. The van der Waals surface area contributed by atoms with Crippen LogP contribution in [0.25, 0.3) is 0 Å². The Kier molecular flexibility index (Phi) is 4.85. The van der Waals surface area contributed by atoms with Gasteiger partial charge in [0.25, 0.3) is 0 Å². The lowest BCUT2D eigenvalue weighted by Crippen LogP contribution is -2.41. The van der Waals surface area contributed by atoms with Gasteiger partial charge >= 0.3 is 6.18 Å². The van der Waals surface area contributed by atoms with Gasteiger partial charge in [0.2, 0.25) is 5.91 Å². The first-order valence-electron chi connectivity index (χ1n) is 8.54. The molecule has 1 N–H and O–H groups in total. The summed E-state index contributed by atoms with van der Waals surface area (Å²) in [7, 11) is 0. The van der Waals surface area contributed by atoms with Crippen LogP contribution in [0.4, 0.5) is 13.2 Å². The zero-order chi connectivity index (χ0) is 17.3. The van der Waals surface area contributed by atoms with E-state index in [2.05, 4.69) is 5.32 Å². The molecule has 1 aromatic carbocycles. The van der Waals surface area contributed by atoms with E-state index in [1.54, 1.807) is 0 Å². The van der Waals surface area contributed by atoms with Crippen LogP contribution in [-0.2, 0) is 17.4 Å². The fraction of sp³-hybridized carbons (Fsp3) is 0.611. The van der Waals surface area contributed by atoms with Crippen molar-refractivity contribution < 1.29 is 18.0 Å². The van der Waals surface area contributed by atoms with Crippen molar-refractivity contribution in [3.8, 4) is 0 Å². The molecule has 2 heterocycles. The number of alkyl halides is 3. The number of carbonyl (C=O) groups is 1. The molecular formula is C18H23F3N2O. The van der Waals surface area contributed by atoms with Gasteiger partial charge in [0.1, 0.15) is 0 Å². The molecule has 2 bridgehead atoms. The quantitative estimate of drug-likeness (QED) is 0.916. The first kappa shape index (κ1) is 17.3. The summed E-state index contributed by atoms with van der Waals surface area (Å²) in [5, 5.41) is 3.55. The molecule has 6 heteroatoms. The molecule has 1 amide bonds. The van der Waals surface area contributed by atoms with Crippen molar-refractivity contribution >= 4 is 5.91 Å². The standard InChI is InChI=1S/C18H23F3N2O/c1-12(10-13-2-4-14(5-3-13)18(19,20)21)17(24)23-9-8-15-6-7-16(11-23)22-15/h2-5,12,15-16,22H,6-11H2,1H3. The van der Waals surface area contributed by atoms with Crippen molar-refractivity contribution in [2.45, 2.75) is 50.9 Å². The number of likely N-dealkylation sites (tertiary alicyclic amines) is 1. The maximum Gasteiger partial charge on any atom is 0.416 e. The Hall–Kier alpha value is -1.56. The third kappa shape index (κ3) is 3.91. The van der Waals surface area contributed by atoms with Gasteiger partial charge in [0.15, 0.2) is 0 Å². The van der Waals surface area contributed by atoms with Gasteiger partial charge < -0.3 is 10.2 Å². The van der Waals surface area contributed by atoms with Gasteiger partial charge in [-0.1, -0.05) is 19.1 Å². The van der Waals surface area contributed by atoms with Crippen LogP contribution in [0.3, 0.4) is 0 Å². The van der Waals surface area contributed by atoms with E-state index in [9.17, 15) is 18.0 Å². The third-order valence-electron chi connectivity index (χ3n) is 5.08. The average Bonchev–Trinajstić information content (AvgIpc) is 2.85. The molecule has 2 saturated heterocycles. The number of halogens is 3. The SMILES string of the molecule is CC(Cc1ccc(C(F)(F)F)cc1)C(=O)N1CCC2CCC(C1)N2. The van der Waals surface area contributed by atoms with Gasteiger partial charge in [0.05, 0.1) is 5.56 Å². The minimum atomic E-state index is -4.32. The topological polar surface area (TPSA) is 32.3 Å². The molecule has 132 valence electrons. The predicted octanol–water partition coefficient (Wildman–Crippen LogP) is 3.24. The lowest BCUT2D eigenvalue weighted by atomic mass is 9.98.